The summed E-state index contributed by atoms with van der Waals surface area (Å²) in [5.41, 5.74) is 0.235. The molecule has 0 saturated carbocycles. The maximum Gasteiger partial charge on any atom is 0.317 e. The number of amides is 1. The SMILES string of the molecule is CCN(CC(=O)O)C1CCN(CC(=O)NCCC(C)(C)C)CC1.Cl. The number of halogens is 1. The second-order valence-electron chi connectivity index (χ2n) is 7.62. The van der Waals surface area contributed by atoms with E-state index in [-0.39, 0.29) is 30.3 Å². The van der Waals surface area contributed by atoms with E-state index in [1.54, 1.807) is 0 Å². The predicted molar refractivity (Wildman–Crippen MR) is 98.7 cm³/mol. The van der Waals surface area contributed by atoms with E-state index in [4.69, 9.17) is 5.11 Å². The van der Waals surface area contributed by atoms with Gasteiger partial charge in [-0.2, -0.15) is 0 Å². The third kappa shape index (κ3) is 9.45. The molecule has 1 saturated heterocycles. The topological polar surface area (TPSA) is 72.9 Å². The zero-order valence-corrected chi connectivity index (χ0v) is 16.3. The molecule has 2 N–H and O–H groups in total. The molecule has 0 aromatic rings. The number of nitrogens with zero attached hydrogens (tertiary/aromatic N) is 2. The van der Waals surface area contributed by atoms with Crippen molar-refractivity contribution in [2.75, 3.05) is 39.3 Å². The van der Waals surface area contributed by atoms with Crippen molar-refractivity contribution in [2.45, 2.75) is 53.0 Å². The molecule has 7 heteroatoms. The molecule has 0 aromatic carbocycles. The number of likely N-dealkylation sites (N-methyl/N-ethyl adjacent to an activating group) is 1. The summed E-state index contributed by atoms with van der Waals surface area (Å²) in [4.78, 5) is 27.0. The second-order valence-corrected chi connectivity index (χ2v) is 7.62. The van der Waals surface area contributed by atoms with Gasteiger partial charge in [-0.1, -0.05) is 27.7 Å². The molecule has 142 valence electrons. The quantitative estimate of drug-likeness (QED) is 0.688. The number of aliphatic carboxylic acids is 1. The lowest BCUT2D eigenvalue weighted by Gasteiger charge is -2.37. The van der Waals surface area contributed by atoms with Crippen LogP contribution in [0, 0.1) is 5.41 Å². The van der Waals surface area contributed by atoms with E-state index in [2.05, 4.69) is 31.0 Å². The van der Waals surface area contributed by atoms with Crippen molar-refractivity contribution < 1.29 is 14.7 Å². The van der Waals surface area contributed by atoms with Gasteiger partial charge in [-0.3, -0.25) is 19.4 Å². The first-order valence-corrected chi connectivity index (χ1v) is 8.66. The Morgan fingerprint density at radius 3 is 2.29 bits per heavy atom. The zero-order valence-electron chi connectivity index (χ0n) is 15.5. The summed E-state index contributed by atoms with van der Waals surface area (Å²) in [7, 11) is 0. The van der Waals surface area contributed by atoms with Crippen molar-refractivity contribution in [2.24, 2.45) is 5.41 Å². The Hall–Kier alpha value is -0.850. The lowest BCUT2D eigenvalue weighted by atomic mass is 9.92. The van der Waals surface area contributed by atoms with Gasteiger partial charge in [-0.15, -0.1) is 12.4 Å². The molecule has 1 rings (SSSR count). The highest BCUT2D eigenvalue weighted by Crippen LogP contribution is 2.17. The maximum atomic E-state index is 12.0. The van der Waals surface area contributed by atoms with Gasteiger partial charge in [0, 0.05) is 25.7 Å². The first-order valence-electron chi connectivity index (χ1n) is 8.66. The number of carboxylic acids is 1. The van der Waals surface area contributed by atoms with Gasteiger partial charge in [0.25, 0.3) is 0 Å². The van der Waals surface area contributed by atoms with Crippen LogP contribution in [0.3, 0.4) is 0 Å². The molecule has 6 nitrogen and oxygen atoms in total. The molecule has 0 atom stereocenters. The lowest BCUT2D eigenvalue weighted by Crippen LogP contribution is -2.48. The van der Waals surface area contributed by atoms with E-state index in [1.807, 2.05) is 11.8 Å². The number of nitrogens with one attached hydrogen (secondary N) is 1. The van der Waals surface area contributed by atoms with Crippen molar-refractivity contribution in [3.63, 3.8) is 0 Å². The summed E-state index contributed by atoms with van der Waals surface area (Å²) >= 11 is 0. The van der Waals surface area contributed by atoms with Crippen LogP contribution in [-0.4, -0.2) is 72.1 Å². The number of hydrogen-bond acceptors (Lipinski definition) is 4. The van der Waals surface area contributed by atoms with Gasteiger partial charge in [-0.05, 0) is 31.2 Å². The minimum absolute atomic E-state index is 0. The van der Waals surface area contributed by atoms with Crippen LogP contribution >= 0.6 is 12.4 Å². The molecule has 0 radical (unpaired) electrons. The van der Waals surface area contributed by atoms with Crippen molar-refractivity contribution in [3.05, 3.63) is 0 Å². The van der Waals surface area contributed by atoms with Crippen LogP contribution in [0.25, 0.3) is 0 Å². The van der Waals surface area contributed by atoms with Gasteiger partial charge < -0.3 is 10.4 Å². The summed E-state index contributed by atoms with van der Waals surface area (Å²) < 4.78 is 0. The molecular formula is C17H34ClN3O3. The fourth-order valence-electron chi connectivity index (χ4n) is 2.95. The number of rotatable bonds is 8. The van der Waals surface area contributed by atoms with E-state index in [0.29, 0.717) is 12.6 Å². The molecule has 1 fully saturated rings. The average molecular weight is 364 g/mol. The van der Waals surface area contributed by atoms with Gasteiger partial charge in [0.1, 0.15) is 0 Å². The molecule has 0 bridgehead atoms. The molecule has 1 amide bonds. The molecule has 24 heavy (non-hydrogen) atoms. The van der Waals surface area contributed by atoms with E-state index < -0.39 is 5.97 Å². The van der Waals surface area contributed by atoms with Crippen LogP contribution in [0.2, 0.25) is 0 Å². The van der Waals surface area contributed by atoms with Gasteiger partial charge >= 0.3 is 5.97 Å². The van der Waals surface area contributed by atoms with E-state index in [9.17, 15) is 9.59 Å². The summed E-state index contributed by atoms with van der Waals surface area (Å²) in [6, 6.07) is 0.316. The minimum atomic E-state index is -0.771. The number of piperidine rings is 1. The number of hydrogen-bond donors (Lipinski definition) is 2. The summed E-state index contributed by atoms with van der Waals surface area (Å²) in [5.74, 6) is -0.682. The molecule has 0 spiro atoms. The second kappa shape index (κ2) is 10.9. The van der Waals surface area contributed by atoms with Crippen LogP contribution in [0.4, 0.5) is 0 Å². The molecule has 1 aliphatic rings. The Balaban J connectivity index is 0.00000529. The van der Waals surface area contributed by atoms with Gasteiger partial charge in [0.05, 0.1) is 13.1 Å². The molecular weight excluding hydrogens is 330 g/mol. The van der Waals surface area contributed by atoms with Crippen molar-refractivity contribution in [1.82, 2.24) is 15.1 Å². The normalized spacial score (nSPS) is 16.7. The number of carbonyl (C=O) groups excluding carboxylic acids is 1. The fraction of sp³-hybridized carbons (Fsp3) is 0.882. The third-order valence-corrected chi connectivity index (χ3v) is 4.38. The first-order chi connectivity index (χ1) is 10.7. The molecule has 0 aliphatic carbocycles. The number of carbonyl (C=O) groups is 2. The third-order valence-electron chi connectivity index (χ3n) is 4.38. The van der Waals surface area contributed by atoms with Gasteiger partial charge in [0.15, 0.2) is 0 Å². The average Bonchev–Trinajstić information content (AvgIpc) is 2.44. The fourth-order valence-corrected chi connectivity index (χ4v) is 2.95. The highest BCUT2D eigenvalue weighted by atomic mass is 35.5. The standard InChI is InChI=1S/C17H33N3O3.ClH/c1-5-20(13-16(22)23)14-6-10-19(11-7-14)12-15(21)18-9-8-17(2,3)4;/h14H,5-13H2,1-4H3,(H,18,21)(H,22,23);1H. The summed E-state index contributed by atoms with van der Waals surface area (Å²) in [5, 5.41) is 11.9. The largest absolute Gasteiger partial charge is 0.480 e. The first kappa shape index (κ1) is 23.1. The Morgan fingerprint density at radius 1 is 1.25 bits per heavy atom. The number of likely N-dealkylation sites (tertiary alicyclic amines) is 1. The molecule has 0 aromatic heterocycles. The Morgan fingerprint density at radius 2 is 1.83 bits per heavy atom. The molecule has 0 unspecified atom stereocenters. The van der Waals surface area contributed by atoms with Gasteiger partial charge in [0.2, 0.25) is 5.91 Å². The zero-order chi connectivity index (χ0) is 17.5. The van der Waals surface area contributed by atoms with E-state index in [0.717, 1.165) is 45.4 Å². The highest BCUT2D eigenvalue weighted by molar-refractivity contribution is 5.85. The Bertz CT molecular complexity index is 391. The van der Waals surface area contributed by atoms with Gasteiger partial charge in [-0.25, -0.2) is 0 Å². The Labute approximate surface area is 152 Å². The number of carboxylic acid groups (broad SMARTS) is 1. The summed E-state index contributed by atoms with van der Waals surface area (Å²) in [6.07, 6.45) is 2.83. The van der Waals surface area contributed by atoms with Crippen LogP contribution in [0.15, 0.2) is 0 Å². The Kier molecular flexibility index (Phi) is 10.5. The monoisotopic (exact) mass is 363 g/mol. The summed E-state index contributed by atoms with van der Waals surface area (Å²) in [6.45, 7) is 12.2. The highest BCUT2D eigenvalue weighted by Gasteiger charge is 2.25. The predicted octanol–water partition coefficient (Wildman–Crippen LogP) is 1.83. The van der Waals surface area contributed by atoms with Crippen LogP contribution in [0.1, 0.15) is 47.0 Å². The molecule has 1 heterocycles. The van der Waals surface area contributed by atoms with Crippen molar-refractivity contribution in [3.8, 4) is 0 Å². The minimum Gasteiger partial charge on any atom is -0.480 e. The maximum absolute atomic E-state index is 12.0. The van der Waals surface area contributed by atoms with Crippen LogP contribution < -0.4 is 5.32 Å². The van der Waals surface area contributed by atoms with Crippen LogP contribution in [0.5, 0.6) is 0 Å². The van der Waals surface area contributed by atoms with E-state index >= 15 is 0 Å². The van der Waals surface area contributed by atoms with E-state index in [1.165, 1.54) is 0 Å². The van der Waals surface area contributed by atoms with Crippen molar-refractivity contribution >= 4 is 24.3 Å². The van der Waals surface area contributed by atoms with Crippen molar-refractivity contribution in [1.29, 1.82) is 0 Å². The molecule has 1 aliphatic heterocycles. The smallest absolute Gasteiger partial charge is 0.317 e. The lowest BCUT2D eigenvalue weighted by molar-refractivity contribution is -0.139. The van der Waals surface area contributed by atoms with Crippen LogP contribution in [-0.2, 0) is 9.59 Å².